The van der Waals surface area contributed by atoms with E-state index in [2.05, 4.69) is 0 Å². The summed E-state index contributed by atoms with van der Waals surface area (Å²) >= 11 is 0. The lowest BCUT2D eigenvalue weighted by molar-refractivity contribution is -0.132. The van der Waals surface area contributed by atoms with E-state index < -0.39 is 0 Å². The van der Waals surface area contributed by atoms with Gasteiger partial charge in [-0.15, -0.1) is 0 Å². The summed E-state index contributed by atoms with van der Waals surface area (Å²) in [6, 6.07) is 19.9. The molecule has 2 aromatic carbocycles. The molecule has 0 fully saturated rings. The summed E-state index contributed by atoms with van der Waals surface area (Å²) < 4.78 is 0. The van der Waals surface area contributed by atoms with Gasteiger partial charge in [0.15, 0.2) is 0 Å². The Labute approximate surface area is 156 Å². The summed E-state index contributed by atoms with van der Waals surface area (Å²) in [5, 5.41) is 0. The molecule has 0 atom stereocenters. The fraction of sp³-hybridized carbons (Fsp3) is 0.364. The first-order valence-corrected chi connectivity index (χ1v) is 9.12. The standard InChI is InChI=1S/C22H28N2O2/c1-23(17-19-11-5-3-6-12-19)21(25)15-9-10-16-22(26)24(2)18-20-13-7-4-8-14-20/h3-8,11-14H,9-10,15-18H2,1-2H3. The molecule has 0 saturated carbocycles. The van der Waals surface area contributed by atoms with Gasteiger partial charge in [-0.3, -0.25) is 9.59 Å². The van der Waals surface area contributed by atoms with Crippen molar-refractivity contribution in [3.63, 3.8) is 0 Å². The van der Waals surface area contributed by atoms with Gasteiger partial charge in [0.1, 0.15) is 0 Å². The third kappa shape index (κ3) is 6.71. The summed E-state index contributed by atoms with van der Waals surface area (Å²) in [7, 11) is 3.66. The molecule has 0 unspecified atom stereocenters. The lowest BCUT2D eigenvalue weighted by Gasteiger charge is -2.18. The van der Waals surface area contributed by atoms with Crippen molar-refractivity contribution in [3.8, 4) is 0 Å². The highest BCUT2D eigenvalue weighted by Crippen LogP contribution is 2.09. The van der Waals surface area contributed by atoms with Crippen LogP contribution in [-0.2, 0) is 22.7 Å². The Kier molecular flexibility index (Phi) is 7.87. The van der Waals surface area contributed by atoms with Gasteiger partial charge < -0.3 is 9.80 Å². The molecule has 4 nitrogen and oxygen atoms in total. The normalized spacial score (nSPS) is 10.4. The topological polar surface area (TPSA) is 40.6 Å². The van der Waals surface area contributed by atoms with Crippen LogP contribution in [0.5, 0.6) is 0 Å². The van der Waals surface area contributed by atoms with E-state index in [-0.39, 0.29) is 11.8 Å². The third-order valence-corrected chi connectivity index (χ3v) is 4.41. The van der Waals surface area contributed by atoms with Crippen LogP contribution in [0.4, 0.5) is 0 Å². The van der Waals surface area contributed by atoms with Crippen molar-refractivity contribution in [2.75, 3.05) is 14.1 Å². The van der Waals surface area contributed by atoms with Crippen LogP contribution in [0.15, 0.2) is 60.7 Å². The maximum atomic E-state index is 12.2. The fourth-order valence-electron chi connectivity index (χ4n) is 2.83. The van der Waals surface area contributed by atoms with Gasteiger partial charge in [-0.05, 0) is 24.0 Å². The summed E-state index contributed by atoms with van der Waals surface area (Å²) in [6.45, 7) is 1.25. The highest BCUT2D eigenvalue weighted by Gasteiger charge is 2.11. The molecule has 2 amide bonds. The molecule has 138 valence electrons. The van der Waals surface area contributed by atoms with E-state index in [9.17, 15) is 9.59 Å². The van der Waals surface area contributed by atoms with E-state index in [1.165, 1.54) is 0 Å². The third-order valence-electron chi connectivity index (χ3n) is 4.41. The minimum absolute atomic E-state index is 0.124. The van der Waals surface area contributed by atoms with E-state index in [0.29, 0.717) is 25.9 Å². The first-order valence-electron chi connectivity index (χ1n) is 9.12. The van der Waals surface area contributed by atoms with Gasteiger partial charge in [-0.1, -0.05) is 60.7 Å². The molecule has 2 aromatic rings. The number of carbonyl (C=O) groups excluding carboxylic acids is 2. The highest BCUT2D eigenvalue weighted by atomic mass is 16.2. The number of benzene rings is 2. The fourth-order valence-corrected chi connectivity index (χ4v) is 2.83. The molecular weight excluding hydrogens is 324 g/mol. The zero-order valence-electron chi connectivity index (χ0n) is 15.7. The number of unbranched alkanes of at least 4 members (excludes halogenated alkanes) is 1. The van der Waals surface area contributed by atoms with Gasteiger partial charge in [0.05, 0.1) is 0 Å². The lowest BCUT2D eigenvalue weighted by atomic mass is 10.1. The van der Waals surface area contributed by atoms with Crippen LogP contribution in [0, 0.1) is 0 Å². The molecule has 4 heteroatoms. The first-order chi connectivity index (χ1) is 12.6. The van der Waals surface area contributed by atoms with Crippen molar-refractivity contribution in [1.82, 2.24) is 9.80 Å². The van der Waals surface area contributed by atoms with Gasteiger partial charge in [0.25, 0.3) is 0 Å². The summed E-state index contributed by atoms with van der Waals surface area (Å²) in [6.07, 6.45) is 2.45. The second kappa shape index (κ2) is 10.4. The smallest absolute Gasteiger partial charge is 0.222 e. The molecule has 0 aliphatic rings. The van der Waals surface area contributed by atoms with Crippen LogP contribution in [0.25, 0.3) is 0 Å². The number of carbonyl (C=O) groups is 2. The van der Waals surface area contributed by atoms with E-state index >= 15 is 0 Å². The number of rotatable bonds is 9. The molecule has 0 N–H and O–H groups in total. The lowest BCUT2D eigenvalue weighted by Crippen LogP contribution is -2.27. The van der Waals surface area contributed by atoms with Crippen molar-refractivity contribution in [3.05, 3.63) is 71.8 Å². The molecule has 2 rings (SSSR count). The molecule has 0 heterocycles. The minimum atomic E-state index is 0.124. The zero-order valence-corrected chi connectivity index (χ0v) is 15.7. The van der Waals surface area contributed by atoms with E-state index in [0.717, 1.165) is 24.0 Å². The molecule has 0 bridgehead atoms. The average Bonchev–Trinajstić information content (AvgIpc) is 2.66. The molecule has 0 saturated heterocycles. The maximum Gasteiger partial charge on any atom is 0.222 e. The van der Waals surface area contributed by atoms with Crippen LogP contribution in [-0.4, -0.2) is 35.7 Å². The summed E-state index contributed by atoms with van der Waals surface area (Å²) in [4.78, 5) is 27.9. The SMILES string of the molecule is CN(Cc1ccccc1)C(=O)CCCCC(=O)N(C)Cc1ccccc1. The number of hydrogen-bond acceptors (Lipinski definition) is 2. The predicted molar refractivity (Wildman–Crippen MR) is 104 cm³/mol. The van der Waals surface area contributed by atoms with Crippen LogP contribution in [0.3, 0.4) is 0 Å². The second-order valence-corrected chi connectivity index (χ2v) is 6.68. The van der Waals surface area contributed by atoms with Crippen LogP contribution in [0.1, 0.15) is 36.8 Å². The molecule has 0 aromatic heterocycles. The Balaban J connectivity index is 1.64. The van der Waals surface area contributed by atoms with Gasteiger partial charge in [-0.25, -0.2) is 0 Å². The molecule has 0 spiro atoms. The van der Waals surface area contributed by atoms with Gasteiger partial charge in [-0.2, -0.15) is 0 Å². The molecule has 0 radical (unpaired) electrons. The zero-order chi connectivity index (χ0) is 18.8. The van der Waals surface area contributed by atoms with Crippen molar-refractivity contribution in [1.29, 1.82) is 0 Å². The average molecular weight is 352 g/mol. The van der Waals surface area contributed by atoms with Crippen molar-refractivity contribution < 1.29 is 9.59 Å². The molecular formula is C22H28N2O2. The minimum Gasteiger partial charge on any atom is -0.341 e. The summed E-state index contributed by atoms with van der Waals surface area (Å²) in [5.41, 5.74) is 2.25. The Morgan fingerprint density at radius 1 is 0.654 bits per heavy atom. The number of hydrogen-bond donors (Lipinski definition) is 0. The van der Waals surface area contributed by atoms with Crippen molar-refractivity contribution >= 4 is 11.8 Å². The largest absolute Gasteiger partial charge is 0.341 e. The quantitative estimate of drug-likeness (QED) is 0.643. The Hall–Kier alpha value is -2.62. The van der Waals surface area contributed by atoms with Crippen LogP contribution < -0.4 is 0 Å². The molecule has 0 aliphatic heterocycles. The van der Waals surface area contributed by atoms with E-state index in [1.54, 1.807) is 9.80 Å². The maximum absolute atomic E-state index is 12.2. The van der Waals surface area contributed by atoms with Gasteiger partial charge >= 0.3 is 0 Å². The number of nitrogens with zero attached hydrogens (tertiary/aromatic N) is 2. The van der Waals surface area contributed by atoms with Gasteiger partial charge in [0, 0.05) is 40.0 Å². The number of amides is 2. The van der Waals surface area contributed by atoms with E-state index in [1.807, 2.05) is 74.8 Å². The Morgan fingerprint density at radius 2 is 1.00 bits per heavy atom. The monoisotopic (exact) mass is 352 g/mol. The van der Waals surface area contributed by atoms with E-state index in [4.69, 9.17) is 0 Å². The summed E-state index contributed by atoms with van der Waals surface area (Å²) in [5.74, 6) is 0.248. The van der Waals surface area contributed by atoms with Crippen LogP contribution >= 0.6 is 0 Å². The van der Waals surface area contributed by atoms with Crippen LogP contribution in [0.2, 0.25) is 0 Å². The second-order valence-electron chi connectivity index (χ2n) is 6.68. The highest BCUT2D eigenvalue weighted by molar-refractivity contribution is 5.77. The Morgan fingerprint density at radius 3 is 1.35 bits per heavy atom. The van der Waals surface area contributed by atoms with Crippen molar-refractivity contribution in [2.24, 2.45) is 0 Å². The first kappa shape index (κ1) is 19.7. The predicted octanol–water partition coefficient (Wildman–Crippen LogP) is 3.86. The Bertz CT molecular complexity index is 624. The van der Waals surface area contributed by atoms with Crippen molar-refractivity contribution in [2.45, 2.75) is 38.8 Å². The molecule has 26 heavy (non-hydrogen) atoms. The molecule has 0 aliphatic carbocycles. The van der Waals surface area contributed by atoms with Gasteiger partial charge in [0.2, 0.25) is 11.8 Å².